The summed E-state index contributed by atoms with van der Waals surface area (Å²) >= 11 is 6.27. The Morgan fingerprint density at radius 3 is 2.63 bits per heavy atom. The minimum absolute atomic E-state index is 0.267. The number of halogens is 1. The molecule has 1 fully saturated rings. The average molecular weight is 498 g/mol. The van der Waals surface area contributed by atoms with E-state index in [1.54, 1.807) is 0 Å². The number of nitrogens with zero attached hydrogens (tertiary/aromatic N) is 3. The van der Waals surface area contributed by atoms with Crippen LogP contribution in [0, 0.1) is 20.8 Å². The molecule has 0 radical (unpaired) electrons. The minimum Gasteiger partial charge on any atom is -0.494 e. The first kappa shape index (κ1) is 25.5. The molecule has 3 aromatic rings. The van der Waals surface area contributed by atoms with Crippen LogP contribution in [0.5, 0.6) is 11.5 Å². The molecule has 1 atom stereocenters. The van der Waals surface area contributed by atoms with E-state index in [4.69, 9.17) is 21.1 Å². The van der Waals surface area contributed by atoms with Gasteiger partial charge in [0.1, 0.15) is 29.5 Å². The van der Waals surface area contributed by atoms with Gasteiger partial charge in [-0.3, -0.25) is 4.90 Å². The Morgan fingerprint density at radius 1 is 1.09 bits per heavy atom. The van der Waals surface area contributed by atoms with Gasteiger partial charge in [0.25, 0.3) is 0 Å². The minimum atomic E-state index is -0.876. The van der Waals surface area contributed by atoms with Crippen LogP contribution in [-0.4, -0.2) is 51.5 Å². The molecule has 188 valence electrons. The molecule has 1 N–H and O–H groups in total. The van der Waals surface area contributed by atoms with Crippen molar-refractivity contribution in [1.29, 1.82) is 0 Å². The number of β-amino-alcohol motifs (C(OH)–C–C–N with tert-alkyl or cyclic N) is 1. The summed E-state index contributed by atoms with van der Waals surface area (Å²) < 4.78 is 14.1. The lowest BCUT2D eigenvalue weighted by Crippen LogP contribution is -2.51. The van der Waals surface area contributed by atoms with E-state index >= 15 is 0 Å². The number of aryl methyl sites for hydroxylation is 4. The highest BCUT2D eigenvalue weighted by Gasteiger charge is 2.34. The Hall–Kier alpha value is -2.54. The fraction of sp³-hybridized carbons (Fsp3) is 0.464. The van der Waals surface area contributed by atoms with Crippen molar-refractivity contribution in [2.24, 2.45) is 0 Å². The first-order valence-electron chi connectivity index (χ1n) is 12.4. The number of likely N-dealkylation sites (tertiary alicyclic amines) is 1. The molecule has 35 heavy (non-hydrogen) atoms. The molecule has 7 heteroatoms. The molecule has 0 aliphatic carbocycles. The fourth-order valence-electron chi connectivity index (χ4n) is 4.72. The maximum Gasteiger partial charge on any atom is 0.120 e. The highest BCUT2D eigenvalue weighted by molar-refractivity contribution is 6.32. The lowest BCUT2D eigenvalue weighted by Gasteiger charge is -2.39. The highest BCUT2D eigenvalue weighted by Crippen LogP contribution is 2.28. The summed E-state index contributed by atoms with van der Waals surface area (Å²) in [6.45, 7) is 10.1. The second-order valence-electron chi connectivity index (χ2n) is 9.72. The zero-order chi connectivity index (χ0) is 24.8. The molecule has 0 saturated carbocycles. The van der Waals surface area contributed by atoms with Gasteiger partial charge in [-0.05, 0) is 87.5 Å². The van der Waals surface area contributed by atoms with Gasteiger partial charge >= 0.3 is 0 Å². The first-order valence-corrected chi connectivity index (χ1v) is 12.7. The van der Waals surface area contributed by atoms with Gasteiger partial charge in [0, 0.05) is 37.1 Å². The predicted octanol–water partition coefficient (Wildman–Crippen LogP) is 5.34. The van der Waals surface area contributed by atoms with Gasteiger partial charge in [0.15, 0.2) is 0 Å². The van der Waals surface area contributed by atoms with Crippen molar-refractivity contribution in [3.05, 3.63) is 76.3 Å². The molecule has 1 saturated heterocycles. The smallest absolute Gasteiger partial charge is 0.120 e. The zero-order valence-corrected chi connectivity index (χ0v) is 21.7. The van der Waals surface area contributed by atoms with Crippen LogP contribution in [0.1, 0.15) is 41.8 Å². The lowest BCUT2D eigenvalue weighted by atomic mass is 9.93. The van der Waals surface area contributed by atoms with Gasteiger partial charge in [-0.25, -0.2) is 4.98 Å². The summed E-state index contributed by atoms with van der Waals surface area (Å²) in [4.78, 5) is 6.55. The van der Waals surface area contributed by atoms with E-state index in [9.17, 15) is 5.11 Å². The van der Waals surface area contributed by atoms with Crippen LogP contribution in [0.3, 0.4) is 0 Å². The molecule has 1 aliphatic heterocycles. The van der Waals surface area contributed by atoms with Crippen molar-refractivity contribution in [1.82, 2.24) is 14.5 Å². The number of benzene rings is 2. The van der Waals surface area contributed by atoms with Crippen molar-refractivity contribution in [2.45, 2.75) is 58.7 Å². The molecule has 1 aliphatic rings. The van der Waals surface area contributed by atoms with Gasteiger partial charge in [0.05, 0.1) is 6.61 Å². The molecular formula is C28H36ClN3O3. The Balaban J connectivity index is 1.27. The number of aliphatic hydroxyl groups is 1. The Morgan fingerprint density at radius 2 is 1.89 bits per heavy atom. The zero-order valence-electron chi connectivity index (χ0n) is 21.0. The average Bonchev–Trinajstić information content (AvgIpc) is 3.24. The summed E-state index contributed by atoms with van der Waals surface area (Å²) in [6.07, 6.45) is 6.41. The van der Waals surface area contributed by atoms with E-state index in [-0.39, 0.29) is 6.61 Å². The SMILES string of the molecule is Cc1cc(OC[C@@]2(O)CCCN(Cc3cccc(OCCCn4ccnc4C)c3)C2)cc(C)c1Cl. The Labute approximate surface area is 213 Å². The molecule has 2 aromatic carbocycles. The Kier molecular flexibility index (Phi) is 8.37. The number of hydrogen-bond acceptors (Lipinski definition) is 5. The third-order valence-electron chi connectivity index (χ3n) is 6.59. The lowest BCUT2D eigenvalue weighted by molar-refractivity contribution is -0.0621. The van der Waals surface area contributed by atoms with E-state index < -0.39 is 5.60 Å². The van der Waals surface area contributed by atoms with Crippen LogP contribution in [-0.2, 0) is 13.1 Å². The second kappa shape index (κ2) is 11.5. The number of imidazole rings is 1. The fourth-order valence-corrected chi connectivity index (χ4v) is 4.83. The summed E-state index contributed by atoms with van der Waals surface area (Å²) in [5.41, 5.74) is 2.28. The van der Waals surface area contributed by atoms with Crippen LogP contribution in [0.25, 0.3) is 0 Å². The van der Waals surface area contributed by atoms with Crippen molar-refractivity contribution in [2.75, 3.05) is 26.3 Å². The topological polar surface area (TPSA) is 59.8 Å². The van der Waals surface area contributed by atoms with Gasteiger partial charge < -0.3 is 19.1 Å². The highest BCUT2D eigenvalue weighted by atomic mass is 35.5. The maximum absolute atomic E-state index is 11.2. The van der Waals surface area contributed by atoms with Crippen LogP contribution >= 0.6 is 11.6 Å². The van der Waals surface area contributed by atoms with Crippen LogP contribution in [0.2, 0.25) is 5.02 Å². The van der Waals surface area contributed by atoms with E-state index in [2.05, 4.69) is 26.6 Å². The number of aromatic nitrogens is 2. The van der Waals surface area contributed by atoms with Gasteiger partial charge in [-0.1, -0.05) is 23.7 Å². The quantitative estimate of drug-likeness (QED) is 0.383. The molecule has 0 unspecified atom stereocenters. The monoisotopic (exact) mass is 497 g/mol. The van der Waals surface area contributed by atoms with Gasteiger partial charge in [-0.15, -0.1) is 0 Å². The van der Waals surface area contributed by atoms with Gasteiger partial charge in [-0.2, -0.15) is 0 Å². The summed E-state index contributed by atoms with van der Waals surface area (Å²) in [5.74, 6) is 2.66. The van der Waals surface area contributed by atoms with Crippen molar-refractivity contribution in [3.8, 4) is 11.5 Å². The molecule has 1 aromatic heterocycles. The number of rotatable bonds is 10. The predicted molar refractivity (Wildman–Crippen MR) is 139 cm³/mol. The number of piperidine rings is 1. The maximum atomic E-state index is 11.2. The summed E-state index contributed by atoms with van der Waals surface area (Å²) in [5, 5.41) is 12.0. The molecular weight excluding hydrogens is 462 g/mol. The van der Waals surface area contributed by atoms with E-state index in [0.717, 1.165) is 72.4 Å². The molecule has 6 nitrogen and oxygen atoms in total. The van der Waals surface area contributed by atoms with E-state index in [1.807, 2.05) is 57.4 Å². The number of hydrogen-bond donors (Lipinski definition) is 1. The molecule has 4 rings (SSSR count). The third-order valence-corrected chi connectivity index (χ3v) is 7.19. The summed E-state index contributed by atoms with van der Waals surface area (Å²) in [7, 11) is 0. The van der Waals surface area contributed by atoms with Crippen LogP contribution < -0.4 is 9.47 Å². The number of ether oxygens (including phenoxy) is 2. The third kappa shape index (κ3) is 7.00. The second-order valence-corrected chi connectivity index (χ2v) is 10.1. The first-order chi connectivity index (χ1) is 16.8. The standard InChI is InChI=1S/C28H36ClN3O3/c1-21-15-26(16-22(2)27(21)29)35-20-28(33)9-5-11-31(19-28)18-24-7-4-8-25(17-24)34-14-6-12-32-13-10-30-23(32)3/h4,7-8,10,13,15-17,33H,5-6,9,11-12,14,18-20H2,1-3H3/t28-/m1/s1. The van der Waals surface area contributed by atoms with Gasteiger partial charge in [0.2, 0.25) is 0 Å². The van der Waals surface area contributed by atoms with Crippen LogP contribution in [0.4, 0.5) is 0 Å². The normalized spacial score (nSPS) is 18.5. The molecule has 0 amide bonds. The molecule has 0 spiro atoms. The van der Waals surface area contributed by atoms with Crippen molar-refractivity contribution in [3.63, 3.8) is 0 Å². The Bertz CT molecular complexity index is 1110. The van der Waals surface area contributed by atoms with Crippen molar-refractivity contribution < 1.29 is 14.6 Å². The van der Waals surface area contributed by atoms with E-state index in [0.29, 0.717) is 13.2 Å². The summed E-state index contributed by atoms with van der Waals surface area (Å²) in [6, 6.07) is 12.1. The molecule has 0 bridgehead atoms. The van der Waals surface area contributed by atoms with Crippen LogP contribution in [0.15, 0.2) is 48.8 Å². The largest absolute Gasteiger partial charge is 0.494 e. The van der Waals surface area contributed by atoms with E-state index in [1.165, 1.54) is 5.56 Å². The molecule has 2 heterocycles. The van der Waals surface area contributed by atoms with Crippen molar-refractivity contribution >= 4 is 11.6 Å².